The van der Waals surface area contributed by atoms with Gasteiger partial charge in [0.15, 0.2) is 0 Å². The van der Waals surface area contributed by atoms with Crippen molar-refractivity contribution in [1.82, 2.24) is 9.97 Å². The van der Waals surface area contributed by atoms with Crippen molar-refractivity contribution in [2.45, 2.75) is 0 Å². The molecule has 0 saturated carbocycles. The van der Waals surface area contributed by atoms with Gasteiger partial charge < -0.3 is 10.0 Å². The maximum Gasteiger partial charge on any atom is 0.489 e. The summed E-state index contributed by atoms with van der Waals surface area (Å²) >= 11 is 0. The summed E-state index contributed by atoms with van der Waals surface area (Å²) < 4.78 is 0. The van der Waals surface area contributed by atoms with Gasteiger partial charge in [-0.05, 0) is 34.8 Å². The Morgan fingerprint density at radius 3 is 2.19 bits per heavy atom. The highest BCUT2D eigenvalue weighted by atomic mass is 16.4. The van der Waals surface area contributed by atoms with Crippen LogP contribution in [0.25, 0.3) is 22.5 Å². The number of pyridine rings is 2. The number of benzene rings is 1. The highest BCUT2D eigenvalue weighted by Crippen LogP contribution is 2.20. The van der Waals surface area contributed by atoms with E-state index in [1.165, 1.54) is 0 Å². The van der Waals surface area contributed by atoms with E-state index in [4.69, 9.17) is 0 Å². The minimum Gasteiger partial charge on any atom is -0.423 e. The number of nitrogens with zero attached hydrogens (tertiary/aromatic N) is 2. The zero-order chi connectivity index (χ0) is 14.7. The predicted molar refractivity (Wildman–Crippen MR) is 82.7 cm³/mol. The quantitative estimate of drug-likeness (QED) is 0.711. The van der Waals surface area contributed by atoms with Gasteiger partial charge in [0, 0.05) is 12.4 Å². The molecule has 0 amide bonds. The third-order valence-corrected chi connectivity index (χ3v) is 3.24. The molecule has 3 aromatic rings. The van der Waals surface area contributed by atoms with Crippen LogP contribution in [0.5, 0.6) is 0 Å². The van der Waals surface area contributed by atoms with Crippen LogP contribution in [-0.2, 0) is 0 Å². The van der Waals surface area contributed by atoms with Crippen LogP contribution in [-0.4, -0.2) is 27.1 Å². The van der Waals surface area contributed by atoms with Gasteiger partial charge in [0.2, 0.25) is 0 Å². The summed E-state index contributed by atoms with van der Waals surface area (Å²) in [5, 5.41) is 18.8. The van der Waals surface area contributed by atoms with Crippen LogP contribution >= 0.6 is 0 Å². The average Bonchev–Trinajstić information content (AvgIpc) is 2.56. The van der Waals surface area contributed by atoms with E-state index >= 15 is 0 Å². The molecule has 0 spiro atoms. The lowest BCUT2D eigenvalue weighted by Gasteiger charge is -2.09. The standard InChI is InChI=1S/C16H13BN2O2/c20-17(21)14-6-2-1-5-13(14)12-8-9-16(19-11-12)15-7-3-4-10-18-15/h1-11,20-21H. The van der Waals surface area contributed by atoms with Crippen LogP contribution in [0.15, 0.2) is 67.0 Å². The topological polar surface area (TPSA) is 66.2 Å². The maximum atomic E-state index is 9.42. The molecule has 1 aromatic carbocycles. The lowest BCUT2D eigenvalue weighted by molar-refractivity contribution is 0.426. The fourth-order valence-electron chi connectivity index (χ4n) is 2.20. The molecule has 0 fully saturated rings. The Bertz CT molecular complexity index is 731. The molecule has 0 aliphatic carbocycles. The first kappa shape index (κ1) is 13.5. The van der Waals surface area contributed by atoms with Crippen molar-refractivity contribution in [2.24, 2.45) is 0 Å². The first-order valence-corrected chi connectivity index (χ1v) is 6.58. The van der Waals surface area contributed by atoms with E-state index in [0.717, 1.165) is 22.5 Å². The van der Waals surface area contributed by atoms with Crippen LogP contribution in [0.2, 0.25) is 0 Å². The van der Waals surface area contributed by atoms with E-state index in [0.29, 0.717) is 5.46 Å². The molecule has 4 nitrogen and oxygen atoms in total. The summed E-state index contributed by atoms with van der Waals surface area (Å²) in [7, 11) is -1.50. The lowest BCUT2D eigenvalue weighted by atomic mass is 9.75. The number of hydrogen-bond acceptors (Lipinski definition) is 4. The van der Waals surface area contributed by atoms with Gasteiger partial charge in [-0.2, -0.15) is 0 Å². The Balaban J connectivity index is 1.99. The van der Waals surface area contributed by atoms with E-state index in [1.54, 1.807) is 24.5 Å². The van der Waals surface area contributed by atoms with E-state index in [-0.39, 0.29) is 0 Å². The molecule has 2 N–H and O–H groups in total. The fourth-order valence-corrected chi connectivity index (χ4v) is 2.20. The van der Waals surface area contributed by atoms with Crippen molar-refractivity contribution in [3.8, 4) is 22.5 Å². The molecule has 2 heterocycles. The van der Waals surface area contributed by atoms with Crippen molar-refractivity contribution in [3.05, 3.63) is 67.0 Å². The van der Waals surface area contributed by atoms with E-state index in [1.807, 2.05) is 42.5 Å². The highest BCUT2D eigenvalue weighted by Gasteiger charge is 2.16. The molecule has 0 aliphatic rings. The van der Waals surface area contributed by atoms with Gasteiger partial charge in [-0.3, -0.25) is 9.97 Å². The van der Waals surface area contributed by atoms with Gasteiger partial charge in [0.25, 0.3) is 0 Å². The Labute approximate surface area is 122 Å². The first-order valence-electron chi connectivity index (χ1n) is 6.58. The van der Waals surface area contributed by atoms with Gasteiger partial charge in [-0.15, -0.1) is 0 Å². The molecule has 0 bridgehead atoms. The van der Waals surface area contributed by atoms with Crippen molar-refractivity contribution in [3.63, 3.8) is 0 Å². The third-order valence-electron chi connectivity index (χ3n) is 3.24. The second kappa shape index (κ2) is 5.87. The molecule has 0 radical (unpaired) electrons. The second-order valence-corrected chi connectivity index (χ2v) is 4.61. The van der Waals surface area contributed by atoms with Crippen LogP contribution < -0.4 is 5.46 Å². The van der Waals surface area contributed by atoms with Crippen LogP contribution in [0, 0.1) is 0 Å². The molecule has 0 saturated heterocycles. The zero-order valence-corrected chi connectivity index (χ0v) is 11.2. The lowest BCUT2D eigenvalue weighted by Crippen LogP contribution is -2.31. The Kier molecular flexibility index (Phi) is 3.77. The Morgan fingerprint density at radius 1 is 0.762 bits per heavy atom. The Hall–Kier alpha value is -2.50. The predicted octanol–water partition coefficient (Wildman–Crippen LogP) is 1.49. The van der Waals surface area contributed by atoms with Crippen molar-refractivity contribution in [1.29, 1.82) is 0 Å². The highest BCUT2D eigenvalue weighted by molar-refractivity contribution is 6.60. The molecular formula is C16H13BN2O2. The van der Waals surface area contributed by atoms with Gasteiger partial charge in [0.1, 0.15) is 0 Å². The SMILES string of the molecule is OB(O)c1ccccc1-c1ccc(-c2ccccn2)nc1. The molecule has 0 unspecified atom stereocenters. The van der Waals surface area contributed by atoms with Crippen molar-refractivity contribution < 1.29 is 10.0 Å². The minimum atomic E-state index is -1.50. The molecule has 0 aliphatic heterocycles. The van der Waals surface area contributed by atoms with Gasteiger partial charge in [-0.1, -0.05) is 36.4 Å². The number of rotatable bonds is 3. The van der Waals surface area contributed by atoms with Gasteiger partial charge >= 0.3 is 7.12 Å². The van der Waals surface area contributed by atoms with Crippen LogP contribution in [0.3, 0.4) is 0 Å². The van der Waals surface area contributed by atoms with E-state index in [9.17, 15) is 10.0 Å². The Morgan fingerprint density at radius 2 is 1.52 bits per heavy atom. The van der Waals surface area contributed by atoms with Gasteiger partial charge in [0.05, 0.1) is 11.4 Å². The molecule has 102 valence electrons. The molecule has 21 heavy (non-hydrogen) atoms. The van der Waals surface area contributed by atoms with Gasteiger partial charge in [-0.25, -0.2) is 0 Å². The molecule has 5 heteroatoms. The summed E-state index contributed by atoms with van der Waals surface area (Å²) in [6, 6.07) is 16.6. The largest absolute Gasteiger partial charge is 0.489 e. The van der Waals surface area contributed by atoms with Crippen molar-refractivity contribution in [2.75, 3.05) is 0 Å². The third kappa shape index (κ3) is 2.84. The first-order chi connectivity index (χ1) is 10.3. The minimum absolute atomic E-state index is 0.463. The fraction of sp³-hybridized carbons (Fsp3) is 0. The molecular weight excluding hydrogens is 263 g/mol. The summed E-state index contributed by atoms with van der Waals surface area (Å²) in [6.45, 7) is 0. The van der Waals surface area contributed by atoms with Crippen LogP contribution in [0.4, 0.5) is 0 Å². The molecule has 2 aromatic heterocycles. The number of aromatic nitrogens is 2. The average molecular weight is 276 g/mol. The summed E-state index contributed by atoms with van der Waals surface area (Å²) in [5.74, 6) is 0. The van der Waals surface area contributed by atoms with E-state index in [2.05, 4.69) is 9.97 Å². The second-order valence-electron chi connectivity index (χ2n) is 4.61. The normalized spacial score (nSPS) is 10.4. The van der Waals surface area contributed by atoms with Crippen molar-refractivity contribution >= 4 is 12.6 Å². The monoisotopic (exact) mass is 276 g/mol. The van der Waals surface area contributed by atoms with Crippen LogP contribution in [0.1, 0.15) is 0 Å². The maximum absolute atomic E-state index is 9.42. The number of hydrogen-bond donors (Lipinski definition) is 2. The molecule has 3 rings (SSSR count). The smallest absolute Gasteiger partial charge is 0.423 e. The molecule has 0 atom stereocenters. The summed E-state index contributed by atoms with van der Waals surface area (Å²) in [5.41, 5.74) is 3.64. The summed E-state index contributed by atoms with van der Waals surface area (Å²) in [6.07, 6.45) is 3.44. The summed E-state index contributed by atoms with van der Waals surface area (Å²) in [4.78, 5) is 8.65. The zero-order valence-electron chi connectivity index (χ0n) is 11.2. The van der Waals surface area contributed by atoms with E-state index < -0.39 is 7.12 Å².